The highest BCUT2D eigenvalue weighted by atomic mass is 19.1. The van der Waals surface area contributed by atoms with Crippen molar-refractivity contribution in [3.8, 4) is 0 Å². The Hall–Kier alpha value is -2.11. The summed E-state index contributed by atoms with van der Waals surface area (Å²) >= 11 is 0. The zero-order chi connectivity index (χ0) is 16.4. The third-order valence-corrected chi connectivity index (χ3v) is 5.09. The molecule has 1 aromatic rings. The minimum absolute atomic E-state index is 0.0100. The van der Waals surface area contributed by atoms with Gasteiger partial charge in [-0.3, -0.25) is 9.59 Å². The van der Waals surface area contributed by atoms with E-state index in [2.05, 4.69) is 0 Å². The summed E-state index contributed by atoms with van der Waals surface area (Å²) in [5.74, 6) is -2.90. The molecule has 122 valence electrons. The molecule has 5 nitrogen and oxygen atoms in total. The zero-order valence-electron chi connectivity index (χ0n) is 13.1. The van der Waals surface area contributed by atoms with Crippen molar-refractivity contribution >= 4 is 17.6 Å². The Balaban J connectivity index is 1.88. The molecular formula is C17H18FNO4. The quantitative estimate of drug-likeness (QED) is 0.542. The fourth-order valence-electron chi connectivity index (χ4n) is 4.10. The number of hydrogen-bond acceptors (Lipinski definition) is 5. The van der Waals surface area contributed by atoms with Crippen LogP contribution in [-0.2, 0) is 25.5 Å². The number of esters is 2. The van der Waals surface area contributed by atoms with Gasteiger partial charge in [0.05, 0.1) is 6.04 Å². The predicted octanol–water partition coefficient (Wildman–Crippen LogP) is 2.17. The van der Waals surface area contributed by atoms with E-state index in [0.29, 0.717) is 18.5 Å². The van der Waals surface area contributed by atoms with Crippen molar-refractivity contribution in [2.24, 2.45) is 5.41 Å². The molecule has 0 unspecified atom stereocenters. The van der Waals surface area contributed by atoms with E-state index in [0.717, 1.165) is 12.1 Å². The number of benzene rings is 1. The van der Waals surface area contributed by atoms with E-state index in [1.807, 2.05) is 11.0 Å². The summed E-state index contributed by atoms with van der Waals surface area (Å²) in [5.41, 5.74) is -0.316. The van der Waals surface area contributed by atoms with E-state index < -0.39 is 29.0 Å². The van der Waals surface area contributed by atoms with Gasteiger partial charge in [-0.2, -0.15) is 0 Å². The van der Waals surface area contributed by atoms with E-state index in [-0.39, 0.29) is 12.5 Å². The minimum atomic E-state index is -1.47. The molecule has 1 atom stereocenters. The lowest BCUT2D eigenvalue weighted by Gasteiger charge is -2.49. The van der Waals surface area contributed by atoms with Crippen LogP contribution in [0, 0.1) is 11.2 Å². The number of rotatable bonds is 0. The first-order valence-corrected chi connectivity index (χ1v) is 7.86. The highest BCUT2D eigenvalue weighted by molar-refractivity contribution is 6.04. The molecule has 1 aromatic carbocycles. The summed E-state index contributed by atoms with van der Waals surface area (Å²) in [6.07, 6.45) is 1.51. The molecule has 1 spiro atoms. The van der Waals surface area contributed by atoms with Crippen molar-refractivity contribution in [3.63, 3.8) is 0 Å². The maximum atomic E-state index is 14.3. The monoisotopic (exact) mass is 319 g/mol. The molecule has 0 amide bonds. The van der Waals surface area contributed by atoms with Crippen LogP contribution in [0.25, 0.3) is 0 Å². The van der Waals surface area contributed by atoms with Crippen LogP contribution in [0.5, 0.6) is 0 Å². The number of halogens is 1. The second kappa shape index (κ2) is 4.46. The Bertz CT molecular complexity index is 695. The molecule has 0 bridgehead atoms. The Kier molecular flexibility index (Phi) is 2.81. The first-order valence-electron chi connectivity index (χ1n) is 7.86. The van der Waals surface area contributed by atoms with Gasteiger partial charge in [-0.25, -0.2) is 4.39 Å². The highest BCUT2D eigenvalue weighted by Gasteiger charge is 2.64. The predicted molar refractivity (Wildman–Crippen MR) is 79.2 cm³/mol. The van der Waals surface area contributed by atoms with Crippen molar-refractivity contribution in [3.05, 3.63) is 29.6 Å². The molecule has 3 aliphatic heterocycles. The van der Waals surface area contributed by atoms with E-state index in [9.17, 15) is 14.0 Å². The first kappa shape index (κ1) is 14.5. The fourth-order valence-corrected chi connectivity index (χ4v) is 4.10. The smallest absolute Gasteiger partial charge is 0.329 e. The lowest BCUT2D eigenvalue weighted by molar-refractivity contribution is -0.252. The molecule has 0 radical (unpaired) electrons. The van der Waals surface area contributed by atoms with Gasteiger partial charge in [0.1, 0.15) is 5.82 Å². The Morgan fingerprint density at radius 3 is 2.61 bits per heavy atom. The Labute approximate surface area is 133 Å². The molecule has 0 N–H and O–H groups in total. The standard InChI is InChI=1S/C17H18FNO4/c1-16(2)22-14(20)17(15(21)23-16)9-10-11(18)5-3-6-12(10)19-8-4-7-13(17)19/h3,5-6,13H,4,7-9H2,1-2H3/t13-/m1/s1. The molecule has 4 rings (SSSR count). The van der Waals surface area contributed by atoms with Crippen LogP contribution in [0.2, 0.25) is 0 Å². The molecule has 6 heteroatoms. The Morgan fingerprint density at radius 2 is 1.91 bits per heavy atom. The van der Waals surface area contributed by atoms with Crippen molar-refractivity contribution in [2.75, 3.05) is 11.4 Å². The molecule has 0 aromatic heterocycles. The molecule has 2 fully saturated rings. The average Bonchev–Trinajstić information content (AvgIpc) is 2.94. The van der Waals surface area contributed by atoms with E-state index >= 15 is 0 Å². The van der Waals surface area contributed by atoms with Crippen LogP contribution in [0.3, 0.4) is 0 Å². The zero-order valence-corrected chi connectivity index (χ0v) is 13.1. The summed E-state index contributed by atoms with van der Waals surface area (Å²) in [5, 5.41) is 0. The maximum Gasteiger partial charge on any atom is 0.329 e. The second-order valence-electron chi connectivity index (χ2n) is 6.92. The van der Waals surface area contributed by atoms with Gasteiger partial charge < -0.3 is 14.4 Å². The van der Waals surface area contributed by atoms with Crippen molar-refractivity contribution in [1.82, 2.24) is 0 Å². The number of hydrogen-bond donors (Lipinski definition) is 0. The highest BCUT2D eigenvalue weighted by Crippen LogP contribution is 2.50. The van der Waals surface area contributed by atoms with Gasteiger partial charge in [-0.15, -0.1) is 0 Å². The van der Waals surface area contributed by atoms with Gasteiger partial charge in [0.15, 0.2) is 5.41 Å². The Morgan fingerprint density at radius 1 is 1.22 bits per heavy atom. The van der Waals surface area contributed by atoms with Crippen LogP contribution in [0.4, 0.5) is 10.1 Å². The topological polar surface area (TPSA) is 55.8 Å². The summed E-state index contributed by atoms with van der Waals surface area (Å²) < 4.78 is 25.1. The molecule has 2 saturated heterocycles. The van der Waals surface area contributed by atoms with Gasteiger partial charge in [0.25, 0.3) is 5.79 Å². The van der Waals surface area contributed by atoms with Gasteiger partial charge in [-0.1, -0.05) is 6.07 Å². The van der Waals surface area contributed by atoms with Gasteiger partial charge in [0, 0.05) is 38.1 Å². The normalized spacial score (nSPS) is 27.3. The third kappa shape index (κ3) is 1.84. The van der Waals surface area contributed by atoms with E-state index in [4.69, 9.17) is 9.47 Å². The lowest BCUT2D eigenvalue weighted by atomic mass is 9.70. The third-order valence-electron chi connectivity index (χ3n) is 5.09. The summed E-state index contributed by atoms with van der Waals surface area (Å²) in [4.78, 5) is 27.5. The maximum absolute atomic E-state index is 14.3. The second-order valence-corrected chi connectivity index (χ2v) is 6.92. The molecule has 0 saturated carbocycles. The van der Waals surface area contributed by atoms with E-state index in [1.165, 1.54) is 19.9 Å². The lowest BCUT2D eigenvalue weighted by Crippen LogP contribution is -2.64. The number of fused-ring (bicyclic) bond motifs is 4. The number of carbonyl (C=O) groups is 2. The minimum Gasteiger partial charge on any atom is -0.422 e. The number of nitrogens with zero attached hydrogens (tertiary/aromatic N) is 1. The first-order chi connectivity index (χ1) is 10.8. The fraction of sp³-hybridized carbons (Fsp3) is 0.529. The SMILES string of the molecule is CC1(C)OC(=O)C2(Cc3c(F)cccc3N3CCC[C@@H]32)C(=O)O1. The van der Waals surface area contributed by atoms with Crippen LogP contribution >= 0.6 is 0 Å². The van der Waals surface area contributed by atoms with Crippen LogP contribution < -0.4 is 4.90 Å². The van der Waals surface area contributed by atoms with Crippen molar-refractivity contribution in [2.45, 2.75) is 44.9 Å². The molecule has 0 aliphatic carbocycles. The van der Waals surface area contributed by atoms with Gasteiger partial charge >= 0.3 is 11.9 Å². The van der Waals surface area contributed by atoms with Crippen LogP contribution in [0.15, 0.2) is 18.2 Å². The van der Waals surface area contributed by atoms with Crippen LogP contribution in [-0.4, -0.2) is 30.3 Å². The number of anilines is 1. The van der Waals surface area contributed by atoms with Crippen LogP contribution in [0.1, 0.15) is 32.3 Å². The van der Waals surface area contributed by atoms with Gasteiger partial charge in [-0.05, 0) is 25.0 Å². The molecule has 3 aliphatic rings. The molecule has 3 heterocycles. The van der Waals surface area contributed by atoms with Crippen molar-refractivity contribution in [1.29, 1.82) is 0 Å². The molecular weight excluding hydrogens is 301 g/mol. The summed E-state index contributed by atoms with van der Waals surface area (Å²) in [6.45, 7) is 3.74. The van der Waals surface area contributed by atoms with Crippen molar-refractivity contribution < 1.29 is 23.5 Å². The number of carbonyl (C=O) groups excluding carboxylic acids is 2. The largest absolute Gasteiger partial charge is 0.422 e. The van der Waals surface area contributed by atoms with E-state index in [1.54, 1.807) is 6.07 Å². The summed E-state index contributed by atoms with van der Waals surface area (Å²) in [6, 6.07) is 4.51. The number of ether oxygens (including phenoxy) is 2. The van der Waals surface area contributed by atoms with Gasteiger partial charge in [0.2, 0.25) is 0 Å². The summed E-state index contributed by atoms with van der Waals surface area (Å²) in [7, 11) is 0. The number of cyclic esters (lactones) is 2. The average molecular weight is 319 g/mol. The molecule has 23 heavy (non-hydrogen) atoms.